The highest BCUT2D eigenvalue weighted by atomic mass is 35.5. The molecule has 0 unspecified atom stereocenters. The second kappa shape index (κ2) is 11.9. The summed E-state index contributed by atoms with van der Waals surface area (Å²) in [4.78, 5) is 18.0. The molecule has 4 aromatic rings. The number of carbonyl (C=O) groups is 1. The monoisotopic (exact) mass is 546 g/mol. The first-order chi connectivity index (χ1) is 18.5. The van der Waals surface area contributed by atoms with E-state index in [-0.39, 0.29) is 5.91 Å². The van der Waals surface area contributed by atoms with Crippen molar-refractivity contribution in [3.63, 3.8) is 0 Å². The van der Waals surface area contributed by atoms with Gasteiger partial charge in [0.25, 0.3) is 5.91 Å². The molecule has 1 aromatic heterocycles. The smallest absolute Gasteiger partial charge is 0.272 e. The van der Waals surface area contributed by atoms with Gasteiger partial charge in [-0.2, -0.15) is 5.10 Å². The van der Waals surface area contributed by atoms with Gasteiger partial charge >= 0.3 is 0 Å². The maximum absolute atomic E-state index is 13.8. The fourth-order valence-corrected chi connectivity index (χ4v) is 4.74. The third-order valence-corrected chi connectivity index (χ3v) is 7.33. The predicted octanol–water partition coefficient (Wildman–Crippen LogP) is 6.33. The lowest BCUT2D eigenvalue weighted by Crippen LogP contribution is -2.49. The van der Waals surface area contributed by atoms with Crippen LogP contribution in [0.5, 0.6) is 5.75 Å². The molecule has 194 valence electrons. The van der Waals surface area contributed by atoms with E-state index in [4.69, 9.17) is 33.0 Å². The zero-order chi connectivity index (χ0) is 26.5. The Hall–Kier alpha value is -3.58. The number of rotatable bonds is 7. The van der Waals surface area contributed by atoms with Crippen LogP contribution in [-0.2, 0) is 0 Å². The number of hydrogen-bond donors (Lipinski definition) is 0. The van der Waals surface area contributed by atoms with Crippen molar-refractivity contribution >= 4 is 35.2 Å². The lowest BCUT2D eigenvalue weighted by atomic mass is 10.1. The van der Waals surface area contributed by atoms with Gasteiger partial charge in [0.05, 0.1) is 28.5 Å². The Kier molecular flexibility index (Phi) is 8.13. The molecular formula is C30H28Cl2N4O2. The third kappa shape index (κ3) is 5.94. The SMILES string of the molecule is COc1ccc(-c2cc(C(=O)N3CCN(CC=Cc4ccccc4)CC3)n(-c3ccc(Cl)c(Cl)c3)n2)cc1. The average Bonchev–Trinajstić information content (AvgIpc) is 3.41. The number of carbonyl (C=O) groups excluding carboxylic acids is 1. The van der Waals surface area contributed by atoms with Gasteiger partial charge in [0, 0.05) is 38.3 Å². The molecule has 0 radical (unpaired) electrons. The number of piperazine rings is 1. The summed E-state index contributed by atoms with van der Waals surface area (Å²) in [7, 11) is 1.63. The molecule has 3 aromatic carbocycles. The van der Waals surface area contributed by atoms with Crippen molar-refractivity contribution in [3.05, 3.63) is 106 Å². The first kappa shape index (κ1) is 26.0. The van der Waals surface area contributed by atoms with Gasteiger partial charge < -0.3 is 9.64 Å². The van der Waals surface area contributed by atoms with Gasteiger partial charge in [0.1, 0.15) is 11.4 Å². The minimum Gasteiger partial charge on any atom is -0.497 e. The Morgan fingerprint density at radius 1 is 0.921 bits per heavy atom. The standard InChI is InChI=1S/C30H28Cl2N4O2/c1-38-25-12-9-23(10-13-25)28-21-29(36(33-28)24-11-14-26(31)27(32)20-24)30(37)35-18-16-34(17-19-35)15-5-8-22-6-3-2-4-7-22/h2-14,20-21H,15-19H2,1H3. The van der Waals surface area contributed by atoms with Crippen LogP contribution >= 0.6 is 23.2 Å². The number of halogens is 2. The molecule has 6 nitrogen and oxygen atoms in total. The highest BCUT2D eigenvalue weighted by Crippen LogP contribution is 2.28. The van der Waals surface area contributed by atoms with Crippen LogP contribution in [-0.4, -0.2) is 65.3 Å². The fraction of sp³-hybridized carbons (Fsp3) is 0.200. The zero-order valence-electron chi connectivity index (χ0n) is 21.1. The summed E-state index contributed by atoms with van der Waals surface area (Å²) in [5, 5.41) is 5.64. The van der Waals surface area contributed by atoms with Gasteiger partial charge in [-0.05, 0) is 54.1 Å². The molecule has 1 aliphatic rings. The lowest BCUT2D eigenvalue weighted by Gasteiger charge is -2.34. The minimum atomic E-state index is -0.0668. The summed E-state index contributed by atoms with van der Waals surface area (Å²) in [6.07, 6.45) is 4.31. The topological polar surface area (TPSA) is 50.6 Å². The number of amides is 1. The van der Waals surface area contributed by atoms with Gasteiger partial charge in [-0.1, -0.05) is 65.7 Å². The summed E-state index contributed by atoms with van der Waals surface area (Å²) < 4.78 is 6.93. The Morgan fingerprint density at radius 2 is 1.66 bits per heavy atom. The maximum atomic E-state index is 13.8. The maximum Gasteiger partial charge on any atom is 0.272 e. The van der Waals surface area contributed by atoms with Crippen LogP contribution in [0.1, 0.15) is 16.1 Å². The molecular weight excluding hydrogens is 519 g/mol. The van der Waals surface area contributed by atoms with Crippen LogP contribution < -0.4 is 4.74 Å². The van der Waals surface area contributed by atoms with E-state index in [1.54, 1.807) is 23.9 Å². The number of ether oxygens (including phenoxy) is 1. The molecule has 0 atom stereocenters. The second-order valence-corrected chi connectivity index (χ2v) is 9.87. The molecule has 0 bridgehead atoms. The number of methoxy groups -OCH3 is 1. The van der Waals surface area contributed by atoms with Crippen molar-refractivity contribution < 1.29 is 9.53 Å². The highest BCUT2D eigenvalue weighted by molar-refractivity contribution is 6.42. The Labute approximate surface area is 232 Å². The van der Waals surface area contributed by atoms with Crippen LogP contribution in [0.2, 0.25) is 10.0 Å². The van der Waals surface area contributed by atoms with E-state index in [0.717, 1.165) is 30.9 Å². The van der Waals surface area contributed by atoms with Gasteiger partial charge in [-0.15, -0.1) is 0 Å². The van der Waals surface area contributed by atoms with Crippen molar-refractivity contribution in [2.75, 3.05) is 39.8 Å². The first-order valence-corrected chi connectivity index (χ1v) is 13.2. The quantitative estimate of drug-likeness (QED) is 0.272. The molecule has 8 heteroatoms. The Morgan fingerprint density at radius 3 is 2.34 bits per heavy atom. The predicted molar refractivity (Wildman–Crippen MR) is 153 cm³/mol. The number of nitrogens with zero attached hydrogens (tertiary/aromatic N) is 4. The van der Waals surface area contributed by atoms with E-state index >= 15 is 0 Å². The summed E-state index contributed by atoms with van der Waals surface area (Å²) in [5.74, 6) is 0.688. The fourth-order valence-electron chi connectivity index (χ4n) is 4.45. The number of hydrogen-bond acceptors (Lipinski definition) is 4. The molecule has 38 heavy (non-hydrogen) atoms. The summed E-state index contributed by atoms with van der Waals surface area (Å²) in [6, 6.07) is 24.9. The normalized spacial score (nSPS) is 14.2. The highest BCUT2D eigenvalue weighted by Gasteiger charge is 2.26. The summed E-state index contributed by atoms with van der Waals surface area (Å²) >= 11 is 12.5. The van der Waals surface area contributed by atoms with Crippen LogP contribution in [0, 0.1) is 0 Å². The summed E-state index contributed by atoms with van der Waals surface area (Å²) in [6.45, 7) is 3.73. The molecule has 1 fully saturated rings. The van der Waals surface area contributed by atoms with Crippen molar-refractivity contribution in [1.82, 2.24) is 19.6 Å². The van der Waals surface area contributed by atoms with Crippen LogP contribution in [0.4, 0.5) is 0 Å². The molecule has 0 spiro atoms. The van der Waals surface area contributed by atoms with Crippen molar-refractivity contribution in [2.45, 2.75) is 0 Å². The number of aromatic nitrogens is 2. The van der Waals surface area contributed by atoms with Crippen molar-refractivity contribution in [2.24, 2.45) is 0 Å². The van der Waals surface area contributed by atoms with Gasteiger partial charge in [0.2, 0.25) is 0 Å². The molecule has 1 aliphatic heterocycles. The van der Waals surface area contributed by atoms with Crippen LogP contribution in [0.3, 0.4) is 0 Å². The second-order valence-electron chi connectivity index (χ2n) is 9.06. The molecule has 0 saturated carbocycles. The molecule has 1 amide bonds. The van der Waals surface area contributed by atoms with Crippen LogP contribution in [0.15, 0.2) is 84.9 Å². The van der Waals surface area contributed by atoms with E-state index < -0.39 is 0 Å². The van der Waals surface area contributed by atoms with Crippen molar-refractivity contribution in [3.8, 4) is 22.7 Å². The molecule has 5 rings (SSSR count). The van der Waals surface area contributed by atoms with Gasteiger partial charge in [0.15, 0.2) is 0 Å². The van der Waals surface area contributed by atoms with Gasteiger partial charge in [-0.3, -0.25) is 9.69 Å². The Balaban J connectivity index is 1.34. The molecule has 0 N–H and O–H groups in total. The number of benzene rings is 3. The largest absolute Gasteiger partial charge is 0.497 e. The molecule has 1 saturated heterocycles. The van der Waals surface area contributed by atoms with Crippen molar-refractivity contribution in [1.29, 1.82) is 0 Å². The van der Waals surface area contributed by atoms with E-state index in [0.29, 0.717) is 40.2 Å². The van der Waals surface area contributed by atoms with E-state index in [9.17, 15) is 4.79 Å². The lowest BCUT2D eigenvalue weighted by molar-refractivity contribution is 0.0641. The summed E-state index contributed by atoms with van der Waals surface area (Å²) in [5.41, 5.74) is 3.91. The van der Waals surface area contributed by atoms with Crippen LogP contribution in [0.25, 0.3) is 23.0 Å². The van der Waals surface area contributed by atoms with Gasteiger partial charge in [-0.25, -0.2) is 4.68 Å². The van der Waals surface area contributed by atoms with E-state index in [1.165, 1.54) is 5.56 Å². The minimum absolute atomic E-state index is 0.0668. The average molecular weight is 547 g/mol. The zero-order valence-corrected chi connectivity index (χ0v) is 22.6. The van der Waals surface area contributed by atoms with E-state index in [2.05, 4.69) is 29.2 Å². The first-order valence-electron chi connectivity index (χ1n) is 12.4. The molecule has 0 aliphatic carbocycles. The Bertz CT molecular complexity index is 1430. The van der Waals surface area contributed by atoms with E-state index in [1.807, 2.05) is 59.5 Å². The third-order valence-electron chi connectivity index (χ3n) is 6.60. The molecule has 2 heterocycles.